The van der Waals surface area contributed by atoms with E-state index in [4.69, 9.17) is 9.97 Å². The third kappa shape index (κ3) is 4.18. The van der Waals surface area contributed by atoms with Crippen LogP contribution in [0.15, 0.2) is 6.20 Å². The topological polar surface area (TPSA) is 49.3 Å². The monoisotopic (exact) mass is 370 g/mol. The Morgan fingerprint density at radius 1 is 0.926 bits per heavy atom. The van der Waals surface area contributed by atoms with Crippen molar-refractivity contribution in [1.82, 2.24) is 19.8 Å². The summed E-state index contributed by atoms with van der Waals surface area (Å²) >= 11 is 0. The number of carbonyl (C=O) groups excluding carboxylic acids is 1. The zero-order valence-electron chi connectivity index (χ0n) is 16.8. The van der Waals surface area contributed by atoms with Crippen LogP contribution in [0.3, 0.4) is 0 Å². The van der Waals surface area contributed by atoms with Gasteiger partial charge >= 0.3 is 0 Å². The van der Waals surface area contributed by atoms with E-state index in [0.717, 1.165) is 43.9 Å². The molecule has 148 valence electrons. The number of hydrogen-bond acceptors (Lipinski definition) is 4. The van der Waals surface area contributed by atoms with Gasteiger partial charge in [0.2, 0.25) is 0 Å². The first kappa shape index (κ1) is 18.9. The van der Waals surface area contributed by atoms with Gasteiger partial charge in [-0.05, 0) is 58.4 Å². The molecule has 0 aromatic carbocycles. The summed E-state index contributed by atoms with van der Waals surface area (Å²) in [6, 6.07) is 1.03. The summed E-state index contributed by atoms with van der Waals surface area (Å²) in [7, 11) is 0. The molecule has 1 atom stereocenters. The summed E-state index contributed by atoms with van der Waals surface area (Å²) in [5.74, 6) is 1.06. The van der Waals surface area contributed by atoms with Gasteiger partial charge in [0.1, 0.15) is 5.82 Å². The molecule has 0 N–H and O–H groups in total. The molecule has 0 bridgehead atoms. The van der Waals surface area contributed by atoms with E-state index >= 15 is 0 Å². The molecule has 3 fully saturated rings. The lowest BCUT2D eigenvalue weighted by molar-refractivity contribution is 0.0669. The lowest BCUT2D eigenvalue weighted by atomic mass is 9.90. The van der Waals surface area contributed by atoms with Crippen molar-refractivity contribution >= 4 is 5.91 Å². The van der Waals surface area contributed by atoms with Gasteiger partial charge in [0.05, 0.1) is 17.3 Å². The molecular weight excluding hydrogens is 336 g/mol. The molecule has 3 aliphatic rings. The van der Waals surface area contributed by atoms with Crippen molar-refractivity contribution in [3.05, 3.63) is 23.3 Å². The normalized spacial score (nSPS) is 25.5. The van der Waals surface area contributed by atoms with Gasteiger partial charge in [-0.2, -0.15) is 0 Å². The number of nitrogens with zero attached hydrogens (tertiary/aromatic N) is 4. The van der Waals surface area contributed by atoms with E-state index in [1.165, 1.54) is 57.9 Å². The van der Waals surface area contributed by atoms with Crippen LogP contribution in [0.2, 0.25) is 0 Å². The summed E-state index contributed by atoms with van der Waals surface area (Å²) in [5, 5.41) is 0. The second-order valence-electron chi connectivity index (χ2n) is 8.62. The molecule has 1 aliphatic carbocycles. The van der Waals surface area contributed by atoms with Crippen LogP contribution < -0.4 is 0 Å². The van der Waals surface area contributed by atoms with Crippen LogP contribution >= 0.6 is 0 Å². The van der Waals surface area contributed by atoms with Crippen LogP contribution in [0.4, 0.5) is 0 Å². The van der Waals surface area contributed by atoms with Crippen molar-refractivity contribution in [1.29, 1.82) is 0 Å². The SMILES string of the molecule is Cc1nc([C@H]2CCCCN2C2CCCCC2)ncc1C(=O)N1CCCCC1. The summed E-state index contributed by atoms with van der Waals surface area (Å²) < 4.78 is 0. The fourth-order valence-corrected chi connectivity index (χ4v) is 5.20. The van der Waals surface area contributed by atoms with Crippen LogP contribution in [-0.2, 0) is 0 Å². The number of aryl methyl sites for hydroxylation is 1. The number of amides is 1. The molecule has 1 saturated carbocycles. The van der Waals surface area contributed by atoms with Gasteiger partial charge in [-0.15, -0.1) is 0 Å². The van der Waals surface area contributed by atoms with Crippen molar-refractivity contribution in [2.45, 2.75) is 89.6 Å². The summed E-state index contributed by atoms with van der Waals surface area (Å²) in [5.41, 5.74) is 1.55. The van der Waals surface area contributed by atoms with Crippen LogP contribution in [0.5, 0.6) is 0 Å². The maximum absolute atomic E-state index is 12.9. The fourth-order valence-electron chi connectivity index (χ4n) is 5.20. The highest BCUT2D eigenvalue weighted by atomic mass is 16.2. The van der Waals surface area contributed by atoms with Gasteiger partial charge in [0.25, 0.3) is 5.91 Å². The van der Waals surface area contributed by atoms with Gasteiger partial charge in [-0.25, -0.2) is 9.97 Å². The van der Waals surface area contributed by atoms with Crippen molar-refractivity contribution in [3.8, 4) is 0 Å². The highest BCUT2D eigenvalue weighted by Crippen LogP contribution is 2.35. The summed E-state index contributed by atoms with van der Waals surface area (Å²) in [6.07, 6.45) is 15.7. The van der Waals surface area contributed by atoms with Crippen LogP contribution in [-0.4, -0.2) is 51.4 Å². The highest BCUT2D eigenvalue weighted by molar-refractivity contribution is 5.95. The third-order valence-electron chi connectivity index (χ3n) is 6.76. The lowest BCUT2D eigenvalue weighted by Crippen LogP contribution is -2.43. The Labute approximate surface area is 163 Å². The zero-order valence-corrected chi connectivity index (χ0v) is 16.8. The summed E-state index contributed by atoms with van der Waals surface area (Å²) in [4.78, 5) is 27.1. The number of carbonyl (C=O) groups is 1. The van der Waals surface area contributed by atoms with Crippen LogP contribution in [0, 0.1) is 6.92 Å². The van der Waals surface area contributed by atoms with E-state index in [9.17, 15) is 4.79 Å². The summed E-state index contributed by atoms with van der Waals surface area (Å²) in [6.45, 7) is 4.90. The quantitative estimate of drug-likeness (QED) is 0.797. The van der Waals surface area contributed by atoms with Crippen molar-refractivity contribution < 1.29 is 4.79 Å². The first-order valence-electron chi connectivity index (χ1n) is 11.1. The third-order valence-corrected chi connectivity index (χ3v) is 6.76. The van der Waals surface area contributed by atoms with Crippen molar-refractivity contribution in [2.75, 3.05) is 19.6 Å². The molecule has 0 spiro atoms. The van der Waals surface area contributed by atoms with Gasteiger partial charge in [-0.3, -0.25) is 9.69 Å². The maximum Gasteiger partial charge on any atom is 0.257 e. The Morgan fingerprint density at radius 2 is 1.59 bits per heavy atom. The smallest absolute Gasteiger partial charge is 0.257 e. The second kappa shape index (κ2) is 8.68. The number of aromatic nitrogens is 2. The predicted molar refractivity (Wildman–Crippen MR) is 107 cm³/mol. The molecule has 3 heterocycles. The predicted octanol–water partition coefficient (Wildman–Crippen LogP) is 4.27. The molecule has 1 amide bonds. The van der Waals surface area contributed by atoms with Crippen LogP contribution in [0.1, 0.15) is 98.5 Å². The van der Waals surface area contributed by atoms with Crippen molar-refractivity contribution in [2.24, 2.45) is 0 Å². The Bertz CT molecular complexity index is 650. The molecule has 5 heteroatoms. The zero-order chi connectivity index (χ0) is 18.6. The number of hydrogen-bond donors (Lipinski definition) is 0. The minimum atomic E-state index is 0.117. The molecule has 5 nitrogen and oxygen atoms in total. The van der Waals surface area contributed by atoms with Gasteiger partial charge in [0, 0.05) is 25.3 Å². The molecule has 0 radical (unpaired) electrons. The molecule has 2 aliphatic heterocycles. The minimum absolute atomic E-state index is 0.117. The molecule has 1 aromatic rings. The Balaban J connectivity index is 1.52. The van der Waals surface area contributed by atoms with E-state index in [2.05, 4.69) is 4.90 Å². The Morgan fingerprint density at radius 3 is 2.33 bits per heavy atom. The maximum atomic E-state index is 12.9. The highest BCUT2D eigenvalue weighted by Gasteiger charge is 2.33. The van der Waals surface area contributed by atoms with E-state index in [1.54, 1.807) is 0 Å². The Kier molecular flexibility index (Phi) is 6.06. The average Bonchev–Trinajstić information content (AvgIpc) is 2.74. The van der Waals surface area contributed by atoms with Gasteiger partial charge in [-0.1, -0.05) is 25.7 Å². The van der Waals surface area contributed by atoms with E-state index in [0.29, 0.717) is 17.6 Å². The number of piperidine rings is 2. The van der Waals surface area contributed by atoms with Crippen LogP contribution in [0.25, 0.3) is 0 Å². The first-order chi connectivity index (χ1) is 13.2. The molecule has 1 aromatic heterocycles. The molecule has 0 unspecified atom stereocenters. The minimum Gasteiger partial charge on any atom is -0.339 e. The molecule has 27 heavy (non-hydrogen) atoms. The Hall–Kier alpha value is -1.49. The number of likely N-dealkylation sites (tertiary alicyclic amines) is 2. The fraction of sp³-hybridized carbons (Fsp3) is 0.773. The van der Waals surface area contributed by atoms with Gasteiger partial charge in [0.15, 0.2) is 0 Å². The van der Waals surface area contributed by atoms with E-state index in [-0.39, 0.29) is 5.91 Å². The van der Waals surface area contributed by atoms with Crippen molar-refractivity contribution in [3.63, 3.8) is 0 Å². The first-order valence-corrected chi connectivity index (χ1v) is 11.1. The standard InChI is InChI=1S/C22H34N4O/c1-17-19(22(27)25-13-7-3-8-14-25)16-23-21(24-17)20-12-6-9-15-26(20)18-10-4-2-5-11-18/h16,18,20H,2-15H2,1H3/t20-/m1/s1. The largest absolute Gasteiger partial charge is 0.339 e. The lowest BCUT2D eigenvalue weighted by Gasteiger charge is -2.42. The molecule has 2 saturated heterocycles. The second-order valence-corrected chi connectivity index (χ2v) is 8.62. The van der Waals surface area contributed by atoms with E-state index in [1.807, 2.05) is 18.0 Å². The number of rotatable bonds is 3. The molecule has 4 rings (SSSR count). The van der Waals surface area contributed by atoms with E-state index < -0.39 is 0 Å². The average molecular weight is 371 g/mol. The van der Waals surface area contributed by atoms with Gasteiger partial charge < -0.3 is 4.90 Å². The molecular formula is C22H34N4O.